The van der Waals surface area contributed by atoms with Crippen LogP contribution in [0.2, 0.25) is 0 Å². The van der Waals surface area contributed by atoms with Gasteiger partial charge in [-0.3, -0.25) is 4.79 Å². The Kier molecular flexibility index (Phi) is 5.65. The van der Waals surface area contributed by atoms with E-state index in [1.54, 1.807) is 0 Å². The van der Waals surface area contributed by atoms with E-state index in [9.17, 15) is 4.79 Å². The Morgan fingerprint density at radius 2 is 1.89 bits per heavy atom. The van der Waals surface area contributed by atoms with Crippen molar-refractivity contribution in [3.8, 4) is 5.75 Å². The fourth-order valence-electron chi connectivity index (χ4n) is 1.47. The molecular formula is C14H21NO3. The first-order valence-electron chi connectivity index (χ1n) is 6.08. The second kappa shape index (κ2) is 7.01. The lowest BCUT2D eigenvalue weighted by Gasteiger charge is -2.11. The molecule has 0 aliphatic carbocycles. The molecule has 1 atom stereocenters. The molecule has 0 amide bonds. The first-order chi connectivity index (χ1) is 8.52. The van der Waals surface area contributed by atoms with Crippen LogP contribution in [0, 0.1) is 5.92 Å². The van der Waals surface area contributed by atoms with Crippen molar-refractivity contribution in [2.45, 2.75) is 26.3 Å². The number of carbonyl (C=O) groups excluding carboxylic acids is 1. The Labute approximate surface area is 108 Å². The van der Waals surface area contributed by atoms with Gasteiger partial charge in [-0.25, -0.2) is 0 Å². The van der Waals surface area contributed by atoms with Crippen LogP contribution in [0.5, 0.6) is 5.75 Å². The highest BCUT2D eigenvalue weighted by molar-refractivity contribution is 5.75. The highest BCUT2D eigenvalue weighted by Gasteiger charge is 2.13. The summed E-state index contributed by atoms with van der Waals surface area (Å²) in [5, 5.41) is 0. The van der Waals surface area contributed by atoms with Gasteiger partial charge in [0.25, 0.3) is 0 Å². The van der Waals surface area contributed by atoms with Crippen LogP contribution < -0.4 is 10.5 Å². The van der Waals surface area contributed by atoms with Crippen LogP contribution in [-0.2, 0) is 16.0 Å². The molecule has 100 valence electrons. The number of ether oxygens (including phenoxy) is 2. The fraction of sp³-hybridized carbons (Fsp3) is 0.500. The molecule has 0 aromatic heterocycles. The van der Waals surface area contributed by atoms with Crippen molar-refractivity contribution in [1.29, 1.82) is 0 Å². The molecule has 0 aliphatic rings. The van der Waals surface area contributed by atoms with Crippen LogP contribution in [0.3, 0.4) is 0 Å². The summed E-state index contributed by atoms with van der Waals surface area (Å²) in [6.07, 6.45) is 0.469. The first kappa shape index (κ1) is 14.5. The van der Waals surface area contributed by atoms with E-state index in [1.165, 1.54) is 7.11 Å². The maximum Gasteiger partial charge on any atom is 0.322 e. The molecule has 4 heteroatoms. The van der Waals surface area contributed by atoms with E-state index in [0.29, 0.717) is 18.9 Å². The van der Waals surface area contributed by atoms with Crippen LogP contribution in [0.1, 0.15) is 19.4 Å². The van der Waals surface area contributed by atoms with E-state index < -0.39 is 12.0 Å². The minimum Gasteiger partial charge on any atom is -0.493 e. The standard InChI is InChI=1S/C14H21NO3/c1-10(2)9-18-12-6-4-11(5-7-12)8-13(15)14(16)17-3/h4-7,10,13H,8-9,15H2,1-3H3/t13-/m0/s1. The van der Waals surface area contributed by atoms with E-state index in [1.807, 2.05) is 24.3 Å². The molecule has 0 spiro atoms. The van der Waals surface area contributed by atoms with Crippen LogP contribution in [0.25, 0.3) is 0 Å². The molecule has 0 bridgehead atoms. The monoisotopic (exact) mass is 251 g/mol. The molecule has 0 fully saturated rings. The van der Waals surface area contributed by atoms with Gasteiger partial charge >= 0.3 is 5.97 Å². The first-order valence-corrected chi connectivity index (χ1v) is 6.08. The summed E-state index contributed by atoms with van der Waals surface area (Å²) in [6, 6.07) is 7.00. The molecule has 4 nitrogen and oxygen atoms in total. The van der Waals surface area contributed by atoms with Gasteiger partial charge in [0.1, 0.15) is 11.8 Å². The molecule has 0 saturated heterocycles. The van der Waals surface area contributed by atoms with Gasteiger partial charge in [0.2, 0.25) is 0 Å². The SMILES string of the molecule is COC(=O)[C@@H](N)Cc1ccc(OCC(C)C)cc1. The quantitative estimate of drug-likeness (QED) is 0.783. The maximum atomic E-state index is 11.2. The van der Waals surface area contributed by atoms with E-state index >= 15 is 0 Å². The minimum atomic E-state index is -0.613. The zero-order valence-electron chi connectivity index (χ0n) is 11.2. The van der Waals surface area contributed by atoms with Crippen molar-refractivity contribution in [2.75, 3.05) is 13.7 Å². The van der Waals surface area contributed by atoms with Gasteiger partial charge in [-0.05, 0) is 30.0 Å². The zero-order valence-corrected chi connectivity index (χ0v) is 11.2. The Morgan fingerprint density at radius 3 is 2.39 bits per heavy atom. The van der Waals surface area contributed by atoms with Gasteiger partial charge in [-0.15, -0.1) is 0 Å². The average Bonchev–Trinajstić information content (AvgIpc) is 2.36. The molecule has 1 aromatic carbocycles. The number of hydrogen-bond acceptors (Lipinski definition) is 4. The predicted molar refractivity (Wildman–Crippen MR) is 70.5 cm³/mol. The van der Waals surface area contributed by atoms with Crippen molar-refractivity contribution in [2.24, 2.45) is 11.7 Å². The normalized spacial score (nSPS) is 12.3. The summed E-state index contributed by atoms with van der Waals surface area (Å²) in [5.41, 5.74) is 6.68. The van der Waals surface area contributed by atoms with Crippen LogP contribution in [0.4, 0.5) is 0 Å². The van der Waals surface area contributed by atoms with E-state index in [0.717, 1.165) is 11.3 Å². The lowest BCUT2D eigenvalue weighted by atomic mass is 10.1. The third-order valence-electron chi connectivity index (χ3n) is 2.47. The number of esters is 1. The number of hydrogen-bond donors (Lipinski definition) is 1. The van der Waals surface area contributed by atoms with E-state index in [2.05, 4.69) is 18.6 Å². The topological polar surface area (TPSA) is 61.5 Å². The van der Waals surface area contributed by atoms with Crippen molar-refractivity contribution >= 4 is 5.97 Å². The van der Waals surface area contributed by atoms with Crippen molar-refractivity contribution in [1.82, 2.24) is 0 Å². The molecule has 18 heavy (non-hydrogen) atoms. The second-order valence-corrected chi connectivity index (χ2v) is 4.68. The summed E-state index contributed by atoms with van der Waals surface area (Å²) in [6.45, 7) is 4.90. The summed E-state index contributed by atoms with van der Waals surface area (Å²) in [5.74, 6) is 0.937. The molecule has 0 radical (unpaired) electrons. The highest BCUT2D eigenvalue weighted by atomic mass is 16.5. The Morgan fingerprint density at radius 1 is 1.28 bits per heavy atom. The van der Waals surface area contributed by atoms with Crippen LogP contribution in [0.15, 0.2) is 24.3 Å². The maximum absolute atomic E-state index is 11.2. The summed E-state index contributed by atoms with van der Waals surface area (Å²) in [4.78, 5) is 11.2. The van der Waals surface area contributed by atoms with E-state index in [-0.39, 0.29) is 0 Å². The van der Waals surface area contributed by atoms with Crippen molar-refractivity contribution < 1.29 is 14.3 Å². The van der Waals surface area contributed by atoms with Gasteiger partial charge in [-0.2, -0.15) is 0 Å². The molecule has 1 rings (SSSR count). The third-order valence-corrected chi connectivity index (χ3v) is 2.47. The molecule has 1 aromatic rings. The smallest absolute Gasteiger partial charge is 0.322 e. The molecule has 0 heterocycles. The van der Waals surface area contributed by atoms with Crippen LogP contribution in [-0.4, -0.2) is 25.7 Å². The molecule has 0 aliphatic heterocycles. The van der Waals surface area contributed by atoms with E-state index in [4.69, 9.17) is 10.5 Å². The van der Waals surface area contributed by atoms with Gasteiger partial charge in [0.15, 0.2) is 0 Å². The Bertz CT molecular complexity index is 373. The largest absolute Gasteiger partial charge is 0.493 e. The van der Waals surface area contributed by atoms with Crippen molar-refractivity contribution in [3.63, 3.8) is 0 Å². The average molecular weight is 251 g/mol. The predicted octanol–water partition coefficient (Wildman–Crippen LogP) is 1.76. The lowest BCUT2D eigenvalue weighted by Crippen LogP contribution is -2.33. The number of nitrogens with two attached hydrogens (primary N) is 1. The summed E-state index contributed by atoms with van der Waals surface area (Å²) in [7, 11) is 1.34. The second-order valence-electron chi connectivity index (χ2n) is 4.68. The van der Waals surface area contributed by atoms with Gasteiger partial charge in [0.05, 0.1) is 13.7 Å². The number of methoxy groups -OCH3 is 1. The van der Waals surface area contributed by atoms with Crippen LogP contribution >= 0.6 is 0 Å². The zero-order chi connectivity index (χ0) is 13.5. The van der Waals surface area contributed by atoms with Gasteiger partial charge in [-0.1, -0.05) is 26.0 Å². The number of benzene rings is 1. The molecule has 0 unspecified atom stereocenters. The van der Waals surface area contributed by atoms with Gasteiger partial charge in [0, 0.05) is 0 Å². The molecular weight excluding hydrogens is 230 g/mol. The van der Waals surface area contributed by atoms with Crippen molar-refractivity contribution in [3.05, 3.63) is 29.8 Å². The molecule has 2 N–H and O–H groups in total. The number of carbonyl (C=O) groups is 1. The minimum absolute atomic E-state index is 0.393. The highest BCUT2D eigenvalue weighted by Crippen LogP contribution is 2.14. The lowest BCUT2D eigenvalue weighted by molar-refractivity contribution is -0.142. The summed E-state index contributed by atoms with van der Waals surface area (Å²) < 4.78 is 10.2. The van der Waals surface area contributed by atoms with Gasteiger partial charge < -0.3 is 15.2 Å². The Hall–Kier alpha value is -1.55. The molecule has 0 saturated carbocycles. The number of rotatable bonds is 6. The summed E-state index contributed by atoms with van der Waals surface area (Å²) >= 11 is 0. The Balaban J connectivity index is 2.52. The fourth-order valence-corrected chi connectivity index (χ4v) is 1.47. The third kappa shape index (κ3) is 4.75.